The molecule has 1 unspecified atom stereocenters. The fourth-order valence-corrected chi connectivity index (χ4v) is 1.64. The molecule has 0 fully saturated rings. The van der Waals surface area contributed by atoms with Gasteiger partial charge in [0.1, 0.15) is 11.7 Å². The zero-order valence-corrected chi connectivity index (χ0v) is 10.5. The molecule has 0 spiro atoms. The SMILES string of the molecule is COCC(O)CN(C)c1ccc(C(=N)N)cc1F. The van der Waals surface area contributed by atoms with Crippen LogP contribution in [0.2, 0.25) is 0 Å². The van der Waals surface area contributed by atoms with Crippen LogP contribution in [0.15, 0.2) is 18.2 Å². The van der Waals surface area contributed by atoms with Crippen molar-refractivity contribution in [2.24, 2.45) is 5.73 Å². The largest absolute Gasteiger partial charge is 0.389 e. The lowest BCUT2D eigenvalue weighted by Gasteiger charge is -2.23. The molecule has 0 heterocycles. The summed E-state index contributed by atoms with van der Waals surface area (Å²) in [7, 11) is 3.16. The second-order valence-electron chi connectivity index (χ2n) is 4.07. The van der Waals surface area contributed by atoms with Crippen molar-refractivity contribution < 1.29 is 14.2 Å². The third-order valence-electron chi connectivity index (χ3n) is 2.51. The summed E-state index contributed by atoms with van der Waals surface area (Å²) in [6, 6.07) is 4.31. The summed E-state index contributed by atoms with van der Waals surface area (Å²) < 4.78 is 18.6. The van der Waals surface area contributed by atoms with E-state index in [1.54, 1.807) is 18.0 Å². The maximum atomic E-state index is 13.8. The summed E-state index contributed by atoms with van der Waals surface area (Å²) in [5.74, 6) is -0.655. The number of nitrogens with one attached hydrogen (secondary N) is 1. The van der Waals surface area contributed by atoms with Crippen molar-refractivity contribution in [2.75, 3.05) is 32.2 Å². The number of hydrogen-bond donors (Lipinski definition) is 3. The minimum absolute atomic E-state index is 0.178. The van der Waals surface area contributed by atoms with Crippen molar-refractivity contribution >= 4 is 11.5 Å². The van der Waals surface area contributed by atoms with Crippen LogP contribution in [0.5, 0.6) is 0 Å². The van der Waals surface area contributed by atoms with Gasteiger partial charge in [-0.15, -0.1) is 0 Å². The Bertz CT molecular complexity index is 426. The molecule has 0 aromatic heterocycles. The molecule has 5 nitrogen and oxygen atoms in total. The highest BCUT2D eigenvalue weighted by Crippen LogP contribution is 2.19. The average molecular weight is 255 g/mol. The molecule has 18 heavy (non-hydrogen) atoms. The van der Waals surface area contributed by atoms with Gasteiger partial charge in [0.25, 0.3) is 0 Å². The van der Waals surface area contributed by atoms with Crippen molar-refractivity contribution in [3.63, 3.8) is 0 Å². The van der Waals surface area contributed by atoms with Crippen molar-refractivity contribution in [3.8, 4) is 0 Å². The number of benzene rings is 1. The quantitative estimate of drug-likeness (QED) is 0.512. The van der Waals surface area contributed by atoms with E-state index in [2.05, 4.69) is 0 Å². The first kappa shape index (κ1) is 14.4. The number of methoxy groups -OCH3 is 1. The highest BCUT2D eigenvalue weighted by Gasteiger charge is 2.13. The Morgan fingerprint density at radius 3 is 2.78 bits per heavy atom. The number of ether oxygens (including phenoxy) is 1. The van der Waals surface area contributed by atoms with Gasteiger partial charge in [0.15, 0.2) is 0 Å². The number of nitrogens with zero attached hydrogens (tertiary/aromatic N) is 1. The Hall–Kier alpha value is -1.66. The number of amidine groups is 1. The van der Waals surface area contributed by atoms with Crippen LogP contribution in [0, 0.1) is 11.2 Å². The summed E-state index contributed by atoms with van der Waals surface area (Å²) in [4.78, 5) is 1.59. The van der Waals surface area contributed by atoms with Crippen LogP contribution in [-0.4, -0.2) is 44.4 Å². The van der Waals surface area contributed by atoms with Crippen molar-refractivity contribution in [1.82, 2.24) is 0 Å². The smallest absolute Gasteiger partial charge is 0.147 e. The van der Waals surface area contributed by atoms with E-state index in [0.29, 0.717) is 11.3 Å². The van der Waals surface area contributed by atoms with Crippen molar-refractivity contribution in [1.29, 1.82) is 5.41 Å². The molecular weight excluding hydrogens is 237 g/mol. The molecule has 1 aromatic carbocycles. The van der Waals surface area contributed by atoms with Gasteiger partial charge < -0.3 is 20.5 Å². The molecule has 1 aromatic rings. The second-order valence-corrected chi connectivity index (χ2v) is 4.07. The monoisotopic (exact) mass is 255 g/mol. The van der Waals surface area contributed by atoms with Crippen LogP contribution in [0.25, 0.3) is 0 Å². The van der Waals surface area contributed by atoms with E-state index in [1.807, 2.05) is 0 Å². The van der Waals surface area contributed by atoms with Gasteiger partial charge in [0.2, 0.25) is 0 Å². The van der Waals surface area contributed by atoms with Crippen molar-refractivity contribution in [3.05, 3.63) is 29.6 Å². The fourth-order valence-electron chi connectivity index (χ4n) is 1.64. The predicted octanol–water partition coefficient (Wildman–Crippen LogP) is 0.553. The van der Waals surface area contributed by atoms with Gasteiger partial charge in [0, 0.05) is 26.3 Å². The number of nitrogens with two attached hydrogens (primary N) is 1. The Morgan fingerprint density at radius 1 is 1.61 bits per heavy atom. The van der Waals surface area contributed by atoms with E-state index in [-0.39, 0.29) is 19.0 Å². The first-order valence-corrected chi connectivity index (χ1v) is 5.47. The summed E-state index contributed by atoms with van der Waals surface area (Å²) in [5.41, 5.74) is 5.95. The number of anilines is 1. The van der Waals surface area contributed by atoms with Crippen LogP contribution >= 0.6 is 0 Å². The number of aliphatic hydroxyl groups excluding tert-OH is 1. The molecule has 0 amide bonds. The molecule has 0 aliphatic heterocycles. The molecule has 0 saturated carbocycles. The second kappa shape index (κ2) is 6.32. The van der Waals surface area contributed by atoms with Crippen LogP contribution in [-0.2, 0) is 4.74 Å². The van der Waals surface area contributed by atoms with E-state index < -0.39 is 11.9 Å². The molecule has 0 radical (unpaired) electrons. The summed E-state index contributed by atoms with van der Waals surface area (Å²) in [6.45, 7) is 0.446. The molecule has 0 aliphatic carbocycles. The summed E-state index contributed by atoms with van der Waals surface area (Å²) in [6.07, 6.45) is -0.688. The zero-order valence-electron chi connectivity index (χ0n) is 10.5. The third-order valence-corrected chi connectivity index (χ3v) is 2.51. The molecular formula is C12H18FN3O2. The molecule has 0 saturated heterocycles. The van der Waals surface area contributed by atoms with Gasteiger partial charge in [0.05, 0.1) is 18.4 Å². The van der Waals surface area contributed by atoms with E-state index in [0.717, 1.165) is 0 Å². The molecule has 0 bridgehead atoms. The van der Waals surface area contributed by atoms with Crippen molar-refractivity contribution in [2.45, 2.75) is 6.10 Å². The fraction of sp³-hybridized carbons (Fsp3) is 0.417. The van der Waals surface area contributed by atoms with Gasteiger partial charge in [-0.3, -0.25) is 5.41 Å². The maximum absolute atomic E-state index is 13.8. The van der Waals surface area contributed by atoms with Gasteiger partial charge in [-0.1, -0.05) is 0 Å². The van der Waals surface area contributed by atoms with Gasteiger partial charge in [-0.2, -0.15) is 0 Å². The lowest BCUT2D eigenvalue weighted by molar-refractivity contribution is 0.0694. The third kappa shape index (κ3) is 3.68. The minimum atomic E-state index is -0.688. The molecule has 6 heteroatoms. The Labute approximate surface area is 105 Å². The Kier molecular flexibility index (Phi) is 5.06. The summed E-state index contributed by atoms with van der Waals surface area (Å²) in [5, 5.41) is 16.8. The number of hydrogen-bond acceptors (Lipinski definition) is 4. The lowest BCUT2D eigenvalue weighted by atomic mass is 10.1. The van der Waals surface area contributed by atoms with E-state index in [1.165, 1.54) is 19.2 Å². The number of aliphatic hydroxyl groups is 1. The van der Waals surface area contributed by atoms with E-state index in [9.17, 15) is 9.50 Å². The average Bonchev–Trinajstić information content (AvgIpc) is 2.28. The lowest BCUT2D eigenvalue weighted by Crippen LogP contribution is -2.32. The summed E-state index contributed by atoms with van der Waals surface area (Å²) >= 11 is 0. The predicted molar refractivity (Wildman–Crippen MR) is 68.6 cm³/mol. The number of halogens is 1. The highest BCUT2D eigenvalue weighted by atomic mass is 19.1. The number of nitrogen functional groups attached to an aromatic ring is 1. The van der Waals surface area contributed by atoms with E-state index >= 15 is 0 Å². The molecule has 1 atom stereocenters. The molecule has 4 N–H and O–H groups in total. The maximum Gasteiger partial charge on any atom is 0.147 e. The standard InChI is InChI=1S/C12H18FN3O2/c1-16(6-9(17)7-18-2)11-4-3-8(12(14)15)5-10(11)13/h3-5,9,17H,6-7H2,1-2H3,(H3,14,15). The zero-order chi connectivity index (χ0) is 13.7. The topological polar surface area (TPSA) is 82.6 Å². The van der Waals surface area contributed by atoms with E-state index in [4.69, 9.17) is 15.9 Å². The first-order chi connectivity index (χ1) is 8.45. The Balaban J connectivity index is 2.80. The molecule has 1 rings (SSSR count). The van der Waals surface area contributed by atoms with Gasteiger partial charge in [-0.25, -0.2) is 4.39 Å². The number of rotatable bonds is 6. The van der Waals surface area contributed by atoms with Gasteiger partial charge in [-0.05, 0) is 18.2 Å². The van der Waals surface area contributed by atoms with Crippen LogP contribution in [0.4, 0.5) is 10.1 Å². The van der Waals surface area contributed by atoms with Crippen LogP contribution < -0.4 is 10.6 Å². The minimum Gasteiger partial charge on any atom is -0.389 e. The van der Waals surface area contributed by atoms with Crippen LogP contribution in [0.3, 0.4) is 0 Å². The van der Waals surface area contributed by atoms with Crippen LogP contribution in [0.1, 0.15) is 5.56 Å². The highest BCUT2D eigenvalue weighted by molar-refractivity contribution is 5.95. The molecule has 0 aliphatic rings. The molecule has 100 valence electrons. The Morgan fingerprint density at radius 2 is 2.28 bits per heavy atom. The van der Waals surface area contributed by atoms with Gasteiger partial charge >= 0.3 is 0 Å². The normalized spacial score (nSPS) is 12.2. The first-order valence-electron chi connectivity index (χ1n) is 5.47. The number of likely N-dealkylation sites (N-methyl/N-ethyl adjacent to an activating group) is 1.